The van der Waals surface area contributed by atoms with Crippen molar-refractivity contribution in [3.8, 4) is 11.5 Å². The van der Waals surface area contributed by atoms with Crippen molar-refractivity contribution in [1.82, 2.24) is 9.97 Å². The van der Waals surface area contributed by atoms with Gasteiger partial charge in [0.15, 0.2) is 0 Å². The first-order valence-electron chi connectivity index (χ1n) is 12.1. The van der Waals surface area contributed by atoms with Gasteiger partial charge in [-0.05, 0) is 51.7 Å². The van der Waals surface area contributed by atoms with E-state index >= 15 is 0 Å². The summed E-state index contributed by atoms with van der Waals surface area (Å²) >= 11 is 0. The summed E-state index contributed by atoms with van der Waals surface area (Å²) in [4.78, 5) is 6.42. The Balaban J connectivity index is 0.000000680. The lowest BCUT2D eigenvalue weighted by atomic mass is 10.1. The number of rotatable bonds is 2. The zero-order valence-electron chi connectivity index (χ0n) is 22.6. The average molecular weight is 491 g/mol. The van der Waals surface area contributed by atoms with Crippen molar-refractivity contribution in [2.45, 2.75) is 34.6 Å². The van der Waals surface area contributed by atoms with E-state index in [1.165, 1.54) is 21.5 Å². The molecule has 4 aromatic carbocycles. The predicted octanol–water partition coefficient (Wildman–Crippen LogP) is 8.10. The molecule has 0 fully saturated rings. The lowest BCUT2D eigenvalue weighted by Gasteiger charge is -2.08. The molecule has 0 aliphatic heterocycles. The molecule has 0 unspecified atom stereocenters. The van der Waals surface area contributed by atoms with Crippen molar-refractivity contribution < 1.29 is 14.9 Å². The quantitative estimate of drug-likeness (QED) is 0.234. The van der Waals surface area contributed by atoms with Gasteiger partial charge in [0.1, 0.15) is 11.5 Å². The lowest BCUT2D eigenvalue weighted by Crippen LogP contribution is -1.84. The number of hydrogen-bond donors (Lipinski definition) is 3. The molecule has 0 aliphatic rings. The van der Waals surface area contributed by atoms with Crippen LogP contribution in [-0.2, 0) is 0 Å². The van der Waals surface area contributed by atoms with Gasteiger partial charge in [-0.3, -0.25) is 0 Å². The molecule has 0 saturated heterocycles. The van der Waals surface area contributed by atoms with Crippen molar-refractivity contribution >= 4 is 21.5 Å². The number of nitrogens with one attached hydrogen (secondary N) is 1. The molecule has 0 saturated carbocycles. The van der Waals surface area contributed by atoms with E-state index in [9.17, 15) is 0 Å². The van der Waals surface area contributed by atoms with E-state index in [-0.39, 0.29) is 0 Å². The lowest BCUT2D eigenvalue weighted by molar-refractivity contribution is 0.399. The monoisotopic (exact) mass is 490 g/mol. The molecule has 0 spiro atoms. The number of imidazole rings is 1. The van der Waals surface area contributed by atoms with Gasteiger partial charge >= 0.3 is 0 Å². The number of benzene rings is 4. The van der Waals surface area contributed by atoms with Crippen LogP contribution in [0.3, 0.4) is 0 Å². The average Bonchev–Trinajstić information content (AvgIpc) is 3.52. The van der Waals surface area contributed by atoms with Crippen LogP contribution in [0.25, 0.3) is 21.5 Å². The first-order chi connectivity index (χ1) is 17.6. The van der Waals surface area contributed by atoms with E-state index < -0.39 is 0 Å². The SMILES string of the molecule is CC.CC(C)C.CO.CO.c1c[nH]cn1.c1ccc2cc(Oc3ccc4ccccc4c3)ccc2c1. The summed E-state index contributed by atoms with van der Waals surface area (Å²) < 4.78 is 5.99. The summed E-state index contributed by atoms with van der Waals surface area (Å²) in [5, 5.41) is 18.8. The highest BCUT2D eigenvalue weighted by Crippen LogP contribution is 2.28. The van der Waals surface area contributed by atoms with E-state index in [0.717, 1.165) is 31.6 Å². The van der Waals surface area contributed by atoms with E-state index in [1.54, 1.807) is 18.7 Å². The zero-order valence-corrected chi connectivity index (χ0v) is 22.6. The summed E-state index contributed by atoms with van der Waals surface area (Å²) in [7, 11) is 2.00. The Bertz CT molecular complexity index is 1080. The van der Waals surface area contributed by atoms with Gasteiger partial charge < -0.3 is 19.9 Å². The summed E-state index contributed by atoms with van der Waals surface area (Å²) in [6.45, 7) is 10.5. The molecule has 3 N–H and O–H groups in total. The maximum absolute atomic E-state index is 7.00. The van der Waals surface area contributed by atoms with Crippen molar-refractivity contribution in [1.29, 1.82) is 0 Å². The molecule has 0 bridgehead atoms. The molecule has 5 rings (SSSR count). The Labute approximate surface area is 216 Å². The number of hydrogen-bond acceptors (Lipinski definition) is 4. The molecule has 194 valence electrons. The fraction of sp³-hybridized carbons (Fsp3) is 0.258. The second-order valence-electron chi connectivity index (χ2n) is 7.61. The van der Waals surface area contributed by atoms with Crippen molar-refractivity contribution in [2.75, 3.05) is 14.2 Å². The predicted molar refractivity (Wildman–Crippen MR) is 155 cm³/mol. The highest BCUT2D eigenvalue weighted by Gasteiger charge is 2.01. The van der Waals surface area contributed by atoms with E-state index in [1.807, 2.05) is 50.2 Å². The Hall–Kier alpha value is -3.67. The van der Waals surface area contributed by atoms with Crippen LogP contribution in [-0.4, -0.2) is 34.4 Å². The smallest absolute Gasteiger partial charge is 0.128 e. The fourth-order valence-corrected chi connectivity index (χ4v) is 2.81. The number of fused-ring (bicyclic) bond motifs is 2. The number of aromatic amines is 1. The van der Waals surface area contributed by atoms with Gasteiger partial charge in [0.2, 0.25) is 0 Å². The number of aromatic nitrogens is 2. The maximum atomic E-state index is 7.00. The molecule has 1 aromatic heterocycles. The van der Waals surface area contributed by atoms with Crippen LogP contribution in [0.1, 0.15) is 34.6 Å². The largest absolute Gasteiger partial charge is 0.457 e. The normalized spacial score (nSPS) is 8.94. The molecule has 36 heavy (non-hydrogen) atoms. The second-order valence-corrected chi connectivity index (χ2v) is 7.61. The Morgan fingerprint density at radius 3 is 1.33 bits per heavy atom. The molecule has 5 heteroatoms. The molecule has 0 radical (unpaired) electrons. The summed E-state index contributed by atoms with van der Waals surface area (Å²) in [5.74, 6) is 2.56. The van der Waals surface area contributed by atoms with Crippen LogP contribution in [0.2, 0.25) is 0 Å². The van der Waals surface area contributed by atoms with E-state index in [0.29, 0.717) is 0 Å². The summed E-state index contributed by atoms with van der Waals surface area (Å²) in [5.41, 5.74) is 0. The number of aliphatic hydroxyl groups excluding tert-OH is 2. The van der Waals surface area contributed by atoms with Crippen LogP contribution in [0.15, 0.2) is 104 Å². The third kappa shape index (κ3) is 12.7. The van der Waals surface area contributed by atoms with Crippen molar-refractivity contribution in [3.63, 3.8) is 0 Å². The third-order valence-electron chi connectivity index (χ3n) is 4.08. The Morgan fingerprint density at radius 2 is 1.03 bits per heavy atom. The van der Waals surface area contributed by atoms with Crippen LogP contribution in [0.5, 0.6) is 11.5 Å². The Kier molecular flexibility index (Phi) is 18.6. The van der Waals surface area contributed by atoms with Gasteiger partial charge in [-0.15, -0.1) is 0 Å². The van der Waals surface area contributed by atoms with Crippen LogP contribution in [0, 0.1) is 5.92 Å². The minimum absolute atomic E-state index is 0.833. The Morgan fingerprint density at radius 1 is 0.639 bits per heavy atom. The molecule has 0 atom stereocenters. The minimum atomic E-state index is 0.833. The number of aliphatic hydroxyl groups is 2. The molecule has 0 aliphatic carbocycles. The molecule has 0 amide bonds. The number of H-pyrrole nitrogens is 1. The highest BCUT2D eigenvalue weighted by atomic mass is 16.5. The minimum Gasteiger partial charge on any atom is -0.457 e. The molecule has 5 aromatic rings. The highest BCUT2D eigenvalue weighted by molar-refractivity contribution is 5.85. The zero-order chi connectivity index (χ0) is 27.2. The van der Waals surface area contributed by atoms with Crippen molar-refractivity contribution in [2.24, 2.45) is 5.92 Å². The van der Waals surface area contributed by atoms with E-state index in [2.05, 4.69) is 79.3 Å². The molecule has 1 heterocycles. The van der Waals surface area contributed by atoms with E-state index in [4.69, 9.17) is 14.9 Å². The first kappa shape index (κ1) is 32.3. The van der Waals surface area contributed by atoms with Gasteiger partial charge in [0.05, 0.1) is 6.33 Å². The maximum Gasteiger partial charge on any atom is 0.128 e. The third-order valence-corrected chi connectivity index (χ3v) is 4.08. The van der Waals surface area contributed by atoms with Crippen LogP contribution < -0.4 is 4.74 Å². The van der Waals surface area contributed by atoms with Gasteiger partial charge in [0.25, 0.3) is 0 Å². The fourth-order valence-electron chi connectivity index (χ4n) is 2.81. The van der Waals surface area contributed by atoms with Gasteiger partial charge in [-0.25, -0.2) is 4.98 Å². The topological polar surface area (TPSA) is 78.4 Å². The van der Waals surface area contributed by atoms with Crippen LogP contribution >= 0.6 is 0 Å². The van der Waals surface area contributed by atoms with Crippen LogP contribution in [0.4, 0.5) is 0 Å². The van der Waals surface area contributed by atoms with Gasteiger partial charge in [0, 0.05) is 26.6 Å². The number of ether oxygens (including phenoxy) is 1. The first-order valence-corrected chi connectivity index (χ1v) is 12.1. The van der Waals surface area contributed by atoms with Gasteiger partial charge in [-0.2, -0.15) is 0 Å². The van der Waals surface area contributed by atoms with Crippen molar-refractivity contribution in [3.05, 3.63) is 104 Å². The second kappa shape index (κ2) is 20.7. The molecule has 5 nitrogen and oxygen atoms in total. The number of nitrogens with zero attached hydrogens (tertiary/aromatic N) is 1. The standard InChI is InChI=1S/C20H14O.C4H10.C3H4N2.C2H6.2CH4O/c1-3-7-17-13-19(11-9-15(17)5-1)21-20-12-10-16-6-2-4-8-18(16)14-20;1-4(2)3;1-2-5-3-4-1;3*1-2/h1-14H;4H,1-3H3;1-3H,(H,4,5);1-2H3;2*2H,1H3. The summed E-state index contributed by atoms with van der Waals surface area (Å²) in [6, 6.07) is 28.9. The molecular weight excluding hydrogens is 448 g/mol. The van der Waals surface area contributed by atoms with Gasteiger partial charge in [-0.1, -0.05) is 95.3 Å². The molecular formula is C31H42N2O3. The summed E-state index contributed by atoms with van der Waals surface area (Å²) in [6.07, 6.45) is 5.08.